The zero-order valence-electron chi connectivity index (χ0n) is 13.6. The van der Waals surface area contributed by atoms with Gasteiger partial charge < -0.3 is 15.0 Å². The molecular weight excluding hydrogens is 307 g/mol. The quantitative estimate of drug-likeness (QED) is 0.774. The Labute approximate surface area is 139 Å². The molecule has 1 aromatic heterocycles. The van der Waals surface area contributed by atoms with Gasteiger partial charge in [-0.2, -0.15) is 0 Å². The van der Waals surface area contributed by atoms with Crippen LogP contribution in [0.4, 0.5) is 4.39 Å². The average molecular weight is 326 g/mol. The van der Waals surface area contributed by atoms with Crippen LogP contribution in [-0.4, -0.2) is 22.1 Å². The van der Waals surface area contributed by atoms with Crippen LogP contribution in [0.2, 0.25) is 0 Å². The molecule has 0 aliphatic rings. The van der Waals surface area contributed by atoms with Crippen LogP contribution >= 0.6 is 0 Å². The lowest BCUT2D eigenvalue weighted by Crippen LogP contribution is -2.39. The van der Waals surface area contributed by atoms with Crippen LogP contribution in [0.25, 0.3) is 10.9 Å². The van der Waals surface area contributed by atoms with Crippen LogP contribution in [0.15, 0.2) is 54.6 Å². The Hall–Kier alpha value is -2.66. The summed E-state index contributed by atoms with van der Waals surface area (Å²) in [5.41, 5.74) is 0.744. The molecule has 0 saturated heterocycles. The molecule has 0 radical (unpaired) electrons. The van der Waals surface area contributed by atoms with Crippen molar-refractivity contribution in [1.29, 1.82) is 0 Å². The maximum absolute atomic E-state index is 13.0. The zero-order valence-corrected chi connectivity index (χ0v) is 13.6. The zero-order chi connectivity index (χ0) is 17.3. The van der Waals surface area contributed by atoms with E-state index in [9.17, 15) is 14.3 Å². The van der Waals surface area contributed by atoms with Crippen molar-refractivity contribution in [3.8, 4) is 0 Å². The lowest BCUT2D eigenvalue weighted by molar-refractivity contribution is 0.0523. The summed E-state index contributed by atoms with van der Waals surface area (Å²) in [6.07, 6.45) is 0. The predicted octanol–water partition coefficient (Wildman–Crippen LogP) is 2.95. The van der Waals surface area contributed by atoms with Gasteiger partial charge in [-0.05, 0) is 36.8 Å². The van der Waals surface area contributed by atoms with E-state index in [1.807, 2.05) is 41.9 Å². The molecule has 1 unspecified atom stereocenters. The largest absolute Gasteiger partial charge is 0.384 e. The maximum Gasteiger partial charge on any atom is 0.268 e. The number of halogens is 1. The number of carbonyl (C=O) groups excluding carboxylic acids is 1. The van der Waals surface area contributed by atoms with Crippen molar-refractivity contribution in [2.24, 2.45) is 7.05 Å². The lowest BCUT2D eigenvalue weighted by atomic mass is 9.96. The highest BCUT2D eigenvalue weighted by molar-refractivity contribution is 5.98. The van der Waals surface area contributed by atoms with E-state index < -0.39 is 5.60 Å². The van der Waals surface area contributed by atoms with Crippen molar-refractivity contribution < 1.29 is 14.3 Å². The molecule has 24 heavy (non-hydrogen) atoms. The number of carbonyl (C=O) groups is 1. The van der Waals surface area contributed by atoms with Crippen LogP contribution < -0.4 is 5.32 Å². The molecule has 2 aromatic carbocycles. The molecule has 0 aliphatic carbocycles. The minimum atomic E-state index is -1.28. The summed E-state index contributed by atoms with van der Waals surface area (Å²) in [4.78, 5) is 12.5. The number of fused-ring (bicyclic) bond motifs is 1. The lowest BCUT2D eigenvalue weighted by Gasteiger charge is -2.24. The molecule has 3 rings (SSSR count). The Morgan fingerprint density at radius 1 is 1.21 bits per heavy atom. The first-order valence-corrected chi connectivity index (χ1v) is 7.69. The summed E-state index contributed by atoms with van der Waals surface area (Å²) in [5.74, 6) is -0.634. The number of benzene rings is 2. The first-order valence-electron chi connectivity index (χ1n) is 7.69. The molecule has 0 aliphatic heterocycles. The summed E-state index contributed by atoms with van der Waals surface area (Å²) in [7, 11) is 1.83. The predicted molar refractivity (Wildman–Crippen MR) is 91.2 cm³/mol. The van der Waals surface area contributed by atoms with Crippen LogP contribution in [0.1, 0.15) is 23.0 Å². The summed E-state index contributed by atoms with van der Waals surface area (Å²) in [5, 5.41) is 14.3. The average Bonchev–Trinajstić information content (AvgIpc) is 2.91. The fourth-order valence-electron chi connectivity index (χ4n) is 2.76. The molecule has 4 nitrogen and oxygen atoms in total. The van der Waals surface area contributed by atoms with E-state index in [1.165, 1.54) is 24.3 Å². The monoisotopic (exact) mass is 326 g/mol. The highest BCUT2D eigenvalue weighted by atomic mass is 19.1. The second-order valence-corrected chi connectivity index (χ2v) is 6.11. The number of aryl methyl sites for hydroxylation is 1. The van der Waals surface area contributed by atoms with Crippen molar-refractivity contribution in [3.63, 3.8) is 0 Å². The van der Waals surface area contributed by atoms with Gasteiger partial charge in [0.05, 0.1) is 6.54 Å². The van der Waals surface area contributed by atoms with Crippen LogP contribution in [-0.2, 0) is 12.6 Å². The van der Waals surface area contributed by atoms with Gasteiger partial charge in [0, 0.05) is 18.0 Å². The Morgan fingerprint density at radius 3 is 2.54 bits per heavy atom. The first-order chi connectivity index (χ1) is 11.4. The molecule has 124 valence electrons. The molecule has 0 spiro atoms. The van der Waals surface area contributed by atoms with Crippen LogP contribution in [0.3, 0.4) is 0 Å². The van der Waals surface area contributed by atoms with E-state index >= 15 is 0 Å². The van der Waals surface area contributed by atoms with Crippen molar-refractivity contribution in [2.45, 2.75) is 12.5 Å². The molecule has 1 heterocycles. The second-order valence-electron chi connectivity index (χ2n) is 6.11. The number of nitrogens with zero attached hydrogens (tertiary/aromatic N) is 1. The topological polar surface area (TPSA) is 54.3 Å². The van der Waals surface area contributed by atoms with E-state index in [1.54, 1.807) is 6.92 Å². The third kappa shape index (κ3) is 3.03. The number of hydrogen-bond acceptors (Lipinski definition) is 2. The van der Waals surface area contributed by atoms with Crippen molar-refractivity contribution in [1.82, 2.24) is 9.88 Å². The third-order valence-electron chi connectivity index (χ3n) is 4.24. The van der Waals surface area contributed by atoms with E-state index in [2.05, 4.69) is 5.32 Å². The Kier molecular flexibility index (Phi) is 4.11. The Balaban J connectivity index is 1.76. The second kappa shape index (κ2) is 6.09. The van der Waals surface area contributed by atoms with Gasteiger partial charge in [-0.25, -0.2) is 4.39 Å². The SMILES string of the molecule is Cn1c(C(=O)NCC(C)(O)c2ccc(F)cc2)cc2ccccc21. The number of nitrogens with one attached hydrogen (secondary N) is 1. The fraction of sp³-hybridized carbons (Fsp3) is 0.211. The molecule has 5 heteroatoms. The van der Waals surface area contributed by atoms with Gasteiger partial charge in [0.1, 0.15) is 17.1 Å². The van der Waals surface area contributed by atoms with E-state index in [-0.39, 0.29) is 18.3 Å². The number of rotatable bonds is 4. The molecule has 3 aromatic rings. The van der Waals surface area contributed by atoms with Gasteiger partial charge in [-0.15, -0.1) is 0 Å². The van der Waals surface area contributed by atoms with Crippen molar-refractivity contribution in [2.75, 3.05) is 6.54 Å². The smallest absolute Gasteiger partial charge is 0.268 e. The number of para-hydroxylation sites is 1. The fourth-order valence-corrected chi connectivity index (χ4v) is 2.76. The first kappa shape index (κ1) is 16.2. The molecule has 0 saturated carbocycles. The normalized spacial score (nSPS) is 13.7. The van der Waals surface area contributed by atoms with E-state index in [0.29, 0.717) is 11.3 Å². The van der Waals surface area contributed by atoms with Gasteiger partial charge in [-0.1, -0.05) is 30.3 Å². The Morgan fingerprint density at radius 2 is 1.88 bits per heavy atom. The van der Waals surface area contributed by atoms with Crippen molar-refractivity contribution in [3.05, 3.63) is 71.7 Å². The summed E-state index contributed by atoms with van der Waals surface area (Å²) in [6.45, 7) is 1.61. The van der Waals surface area contributed by atoms with Crippen LogP contribution in [0.5, 0.6) is 0 Å². The third-order valence-corrected chi connectivity index (χ3v) is 4.24. The van der Waals surface area contributed by atoms with Crippen LogP contribution in [0, 0.1) is 5.82 Å². The molecule has 2 N–H and O–H groups in total. The number of hydrogen-bond donors (Lipinski definition) is 2. The minimum Gasteiger partial charge on any atom is -0.384 e. The maximum atomic E-state index is 13.0. The summed E-state index contributed by atoms with van der Waals surface area (Å²) < 4.78 is 14.8. The Bertz CT molecular complexity index is 882. The standard InChI is InChI=1S/C19H19FN2O2/c1-19(24,14-7-9-15(20)10-8-14)12-21-18(23)17-11-13-5-3-4-6-16(13)22(17)2/h3-11,24H,12H2,1-2H3,(H,21,23). The number of aromatic nitrogens is 1. The molecule has 1 amide bonds. The van der Waals surface area contributed by atoms with E-state index in [0.717, 1.165) is 10.9 Å². The van der Waals surface area contributed by atoms with Gasteiger partial charge in [0.15, 0.2) is 0 Å². The van der Waals surface area contributed by atoms with E-state index in [4.69, 9.17) is 0 Å². The molecule has 0 bridgehead atoms. The van der Waals surface area contributed by atoms with Gasteiger partial charge in [-0.3, -0.25) is 4.79 Å². The molecule has 1 atom stereocenters. The molecular formula is C19H19FN2O2. The number of aliphatic hydroxyl groups is 1. The summed E-state index contributed by atoms with van der Waals surface area (Å²) >= 11 is 0. The highest BCUT2D eigenvalue weighted by Crippen LogP contribution is 2.21. The minimum absolute atomic E-state index is 0.0268. The van der Waals surface area contributed by atoms with Crippen molar-refractivity contribution >= 4 is 16.8 Å². The highest BCUT2D eigenvalue weighted by Gasteiger charge is 2.24. The van der Waals surface area contributed by atoms with Gasteiger partial charge >= 0.3 is 0 Å². The van der Waals surface area contributed by atoms with Gasteiger partial charge in [0.2, 0.25) is 0 Å². The molecule has 0 fully saturated rings. The van der Waals surface area contributed by atoms with Gasteiger partial charge in [0.25, 0.3) is 5.91 Å². The summed E-state index contributed by atoms with van der Waals surface area (Å²) in [6, 6.07) is 15.1. The number of amides is 1.